The quantitative estimate of drug-likeness (QED) is 0.280. The Hall–Kier alpha value is -5.12. The lowest BCUT2D eigenvalue weighted by Crippen LogP contribution is -2.43. The summed E-state index contributed by atoms with van der Waals surface area (Å²) in [5.41, 5.74) is 6.51. The number of hydrogen-bond donors (Lipinski definition) is 3. The van der Waals surface area contributed by atoms with Crippen molar-refractivity contribution in [3.63, 3.8) is 0 Å². The van der Waals surface area contributed by atoms with Gasteiger partial charge in [-0.3, -0.25) is 14.5 Å². The first-order valence-electron chi connectivity index (χ1n) is 12.6. The Morgan fingerprint density at radius 1 is 0.875 bits per heavy atom. The second-order valence-electron chi connectivity index (χ2n) is 9.18. The number of carbonyl (C=O) groups is 2. The predicted octanol–water partition coefficient (Wildman–Crippen LogP) is 3.80. The van der Waals surface area contributed by atoms with Crippen molar-refractivity contribution in [2.75, 3.05) is 18.4 Å². The number of benzene rings is 3. The summed E-state index contributed by atoms with van der Waals surface area (Å²) < 4.78 is 27.5. The molecule has 40 heavy (non-hydrogen) atoms. The lowest BCUT2D eigenvalue weighted by molar-refractivity contribution is -0.130. The van der Waals surface area contributed by atoms with Crippen molar-refractivity contribution in [3.8, 4) is 0 Å². The molecule has 0 spiro atoms. The fourth-order valence-electron chi connectivity index (χ4n) is 4.59. The Kier molecular flexibility index (Phi) is 7.50. The van der Waals surface area contributed by atoms with Crippen LogP contribution in [0.1, 0.15) is 27.0 Å². The number of nitrogens with zero attached hydrogens (tertiary/aromatic N) is 3. The van der Waals surface area contributed by atoms with Gasteiger partial charge in [-0.1, -0.05) is 42.5 Å². The summed E-state index contributed by atoms with van der Waals surface area (Å²) in [5.74, 6) is -1.02. The summed E-state index contributed by atoms with van der Waals surface area (Å²) in [6, 6.07) is 23.1. The molecule has 1 aromatic heterocycles. The van der Waals surface area contributed by atoms with Crippen LogP contribution in [0, 0.1) is 11.6 Å². The highest BCUT2D eigenvalue weighted by atomic mass is 19.1. The Balaban J connectivity index is 1.33. The van der Waals surface area contributed by atoms with Crippen LogP contribution in [0.5, 0.6) is 0 Å². The third kappa shape index (κ3) is 5.37. The number of anilines is 1. The van der Waals surface area contributed by atoms with Gasteiger partial charge in [0.15, 0.2) is 11.5 Å². The fourth-order valence-corrected chi connectivity index (χ4v) is 4.59. The van der Waals surface area contributed by atoms with Gasteiger partial charge < -0.3 is 16.4 Å². The number of nitrogens with one attached hydrogen (secondary N) is 2. The molecule has 5 rings (SSSR count). The summed E-state index contributed by atoms with van der Waals surface area (Å²) in [4.78, 5) is 36.8. The number of aromatic nitrogens is 1. The van der Waals surface area contributed by atoms with E-state index in [1.165, 1.54) is 53.4 Å². The van der Waals surface area contributed by atoms with Gasteiger partial charge in [0.25, 0.3) is 11.8 Å². The summed E-state index contributed by atoms with van der Waals surface area (Å²) in [6.45, 7) is 0.912. The maximum atomic E-state index is 14.0. The number of nitrogens with two attached hydrogens (primary N) is 1. The standard InChI is InChI=1S/C30H26F2N6O2/c31-24-11-7-22(8-12-24)30(23-9-13-25(32)14-10-23)28(40)38(29(33)37-30)19-20-4-3-5-21(18-20)27(39)36-17-16-35-26-6-1-2-15-34-26/h1-15,18H,16-17,19H2,(H2,33,37)(H,34,35)(H,36,39). The van der Waals surface area contributed by atoms with E-state index in [-0.39, 0.29) is 18.4 Å². The number of carbonyl (C=O) groups excluding carboxylic acids is 2. The molecular weight excluding hydrogens is 514 g/mol. The molecule has 0 bridgehead atoms. The van der Waals surface area contributed by atoms with Crippen LogP contribution < -0.4 is 16.4 Å². The highest BCUT2D eigenvalue weighted by Crippen LogP contribution is 2.40. The van der Waals surface area contributed by atoms with Gasteiger partial charge in [0.05, 0.1) is 6.54 Å². The minimum Gasteiger partial charge on any atom is -0.369 e. The fraction of sp³-hybridized carbons (Fsp3) is 0.133. The summed E-state index contributed by atoms with van der Waals surface area (Å²) in [7, 11) is 0. The third-order valence-electron chi connectivity index (χ3n) is 6.55. The molecule has 0 saturated heterocycles. The van der Waals surface area contributed by atoms with Crippen LogP contribution in [-0.2, 0) is 16.9 Å². The smallest absolute Gasteiger partial charge is 0.266 e. The van der Waals surface area contributed by atoms with Crippen molar-refractivity contribution < 1.29 is 18.4 Å². The number of rotatable bonds is 9. The first-order valence-corrected chi connectivity index (χ1v) is 12.6. The minimum atomic E-state index is -1.61. The van der Waals surface area contributed by atoms with E-state index >= 15 is 0 Å². The van der Waals surface area contributed by atoms with E-state index < -0.39 is 23.1 Å². The molecule has 0 unspecified atom stereocenters. The van der Waals surface area contributed by atoms with Gasteiger partial charge in [-0.15, -0.1) is 0 Å². The van der Waals surface area contributed by atoms with E-state index in [1.54, 1.807) is 30.5 Å². The van der Waals surface area contributed by atoms with E-state index in [1.807, 2.05) is 18.2 Å². The first kappa shape index (κ1) is 26.5. The Bertz CT molecular complexity index is 1500. The van der Waals surface area contributed by atoms with Crippen LogP contribution in [0.25, 0.3) is 0 Å². The zero-order chi connectivity index (χ0) is 28.1. The molecule has 3 aromatic carbocycles. The Morgan fingerprint density at radius 3 is 2.17 bits per heavy atom. The number of pyridine rings is 1. The van der Waals surface area contributed by atoms with E-state index in [4.69, 9.17) is 5.73 Å². The van der Waals surface area contributed by atoms with E-state index in [2.05, 4.69) is 20.6 Å². The molecule has 1 aliphatic heterocycles. The van der Waals surface area contributed by atoms with Crippen molar-refractivity contribution in [3.05, 3.63) is 131 Å². The second-order valence-corrected chi connectivity index (χ2v) is 9.18. The number of guanidine groups is 1. The maximum Gasteiger partial charge on any atom is 0.266 e. The van der Waals surface area contributed by atoms with Crippen molar-refractivity contribution in [2.45, 2.75) is 12.1 Å². The molecule has 2 amide bonds. The van der Waals surface area contributed by atoms with E-state index in [9.17, 15) is 18.4 Å². The van der Waals surface area contributed by atoms with Gasteiger partial charge in [-0.2, -0.15) is 0 Å². The summed E-state index contributed by atoms with van der Waals surface area (Å²) in [5, 5.41) is 5.98. The topological polar surface area (TPSA) is 113 Å². The van der Waals surface area contributed by atoms with Crippen molar-refractivity contribution >= 4 is 23.6 Å². The molecule has 2 heterocycles. The molecule has 4 aromatic rings. The van der Waals surface area contributed by atoms with Crippen LogP contribution in [0.2, 0.25) is 0 Å². The van der Waals surface area contributed by atoms with Crippen LogP contribution in [-0.4, -0.2) is 40.7 Å². The van der Waals surface area contributed by atoms with Gasteiger partial charge in [0.1, 0.15) is 17.5 Å². The van der Waals surface area contributed by atoms with Crippen molar-refractivity contribution in [1.29, 1.82) is 0 Å². The Labute approximate surface area is 229 Å². The molecule has 0 fully saturated rings. The minimum absolute atomic E-state index is 0.0423. The zero-order valence-electron chi connectivity index (χ0n) is 21.4. The number of halogens is 2. The molecule has 10 heteroatoms. The van der Waals surface area contributed by atoms with Crippen LogP contribution in [0.4, 0.5) is 14.6 Å². The van der Waals surface area contributed by atoms with Gasteiger partial charge in [-0.25, -0.2) is 18.8 Å². The number of aliphatic imine (C=N–C) groups is 1. The highest BCUT2D eigenvalue weighted by Gasteiger charge is 2.50. The number of hydrogen-bond acceptors (Lipinski definition) is 6. The maximum absolute atomic E-state index is 14.0. The highest BCUT2D eigenvalue weighted by molar-refractivity contribution is 6.09. The van der Waals surface area contributed by atoms with Gasteiger partial charge in [0, 0.05) is 24.8 Å². The molecule has 0 aliphatic carbocycles. The van der Waals surface area contributed by atoms with Gasteiger partial charge >= 0.3 is 0 Å². The molecule has 8 nitrogen and oxygen atoms in total. The predicted molar refractivity (Wildman–Crippen MR) is 147 cm³/mol. The van der Waals surface area contributed by atoms with Crippen molar-refractivity contribution in [2.24, 2.45) is 10.7 Å². The normalized spacial score (nSPS) is 14.1. The van der Waals surface area contributed by atoms with Crippen LogP contribution in [0.3, 0.4) is 0 Å². The van der Waals surface area contributed by atoms with Crippen LogP contribution in [0.15, 0.2) is 102 Å². The summed E-state index contributed by atoms with van der Waals surface area (Å²) >= 11 is 0. The molecule has 202 valence electrons. The second kappa shape index (κ2) is 11.3. The Morgan fingerprint density at radius 2 is 1.55 bits per heavy atom. The number of amides is 2. The van der Waals surface area contributed by atoms with Crippen LogP contribution >= 0.6 is 0 Å². The molecule has 1 aliphatic rings. The monoisotopic (exact) mass is 540 g/mol. The lowest BCUT2D eigenvalue weighted by Gasteiger charge is -2.27. The SMILES string of the molecule is NC1=NC(c2ccc(F)cc2)(c2ccc(F)cc2)C(=O)N1Cc1cccc(C(=O)NCCNc2ccccn2)c1. The zero-order valence-corrected chi connectivity index (χ0v) is 21.4. The lowest BCUT2D eigenvalue weighted by atomic mass is 9.82. The third-order valence-corrected chi connectivity index (χ3v) is 6.55. The average molecular weight is 541 g/mol. The molecule has 4 N–H and O–H groups in total. The van der Waals surface area contributed by atoms with E-state index in [0.717, 1.165) is 0 Å². The van der Waals surface area contributed by atoms with Crippen molar-refractivity contribution in [1.82, 2.24) is 15.2 Å². The summed E-state index contributed by atoms with van der Waals surface area (Å²) in [6.07, 6.45) is 1.68. The first-order chi connectivity index (χ1) is 19.4. The molecule has 0 atom stereocenters. The molecule has 0 radical (unpaired) electrons. The van der Waals surface area contributed by atoms with Gasteiger partial charge in [0.2, 0.25) is 0 Å². The largest absolute Gasteiger partial charge is 0.369 e. The molecular formula is C30H26F2N6O2. The molecule has 0 saturated carbocycles. The van der Waals surface area contributed by atoms with E-state index in [0.29, 0.717) is 41.2 Å². The average Bonchev–Trinajstić information content (AvgIpc) is 3.22. The van der Waals surface area contributed by atoms with Gasteiger partial charge in [-0.05, 0) is 65.2 Å².